The van der Waals surface area contributed by atoms with Gasteiger partial charge in [0.05, 0.1) is 6.42 Å². The minimum Gasteiger partial charge on any atom is -0.396 e. The second-order valence-electron chi connectivity index (χ2n) is 4.67. The van der Waals surface area contributed by atoms with Gasteiger partial charge in [-0.2, -0.15) is 0 Å². The Kier molecular flexibility index (Phi) is 6.36. The van der Waals surface area contributed by atoms with Crippen molar-refractivity contribution in [2.24, 2.45) is 5.92 Å². The minimum atomic E-state index is 0.0326. The van der Waals surface area contributed by atoms with Crippen molar-refractivity contribution in [3.63, 3.8) is 0 Å². The van der Waals surface area contributed by atoms with Crippen LogP contribution in [0, 0.1) is 12.8 Å². The number of halogens is 1. The largest absolute Gasteiger partial charge is 0.396 e. The van der Waals surface area contributed by atoms with E-state index in [9.17, 15) is 4.79 Å². The minimum absolute atomic E-state index is 0.0326. The second-order valence-corrected chi connectivity index (χ2v) is 5.58. The molecule has 1 aromatic rings. The molecule has 3 nitrogen and oxygen atoms in total. The van der Waals surface area contributed by atoms with Crippen LogP contribution < -0.4 is 5.32 Å². The monoisotopic (exact) mass is 313 g/mol. The van der Waals surface area contributed by atoms with Gasteiger partial charge >= 0.3 is 0 Å². The van der Waals surface area contributed by atoms with Gasteiger partial charge in [0.1, 0.15) is 0 Å². The number of hydrogen-bond donors (Lipinski definition) is 2. The number of carbonyl (C=O) groups excluding carboxylic acids is 1. The Hall–Kier alpha value is -0.870. The van der Waals surface area contributed by atoms with Crippen LogP contribution in [-0.2, 0) is 11.2 Å². The van der Waals surface area contributed by atoms with Crippen LogP contribution in [-0.4, -0.2) is 24.2 Å². The van der Waals surface area contributed by atoms with Crippen molar-refractivity contribution in [3.05, 3.63) is 33.8 Å². The van der Waals surface area contributed by atoms with Crippen LogP contribution in [0.1, 0.15) is 24.5 Å². The standard InChI is InChI=1S/C14H20BrNO2/c1-10(5-6-17)9-16-14(18)8-12-3-4-13(15)7-11(12)2/h3-4,7,10,17H,5-6,8-9H2,1-2H3,(H,16,18)/t10-/m1/s1. The van der Waals surface area contributed by atoms with E-state index in [1.165, 1.54) is 0 Å². The van der Waals surface area contributed by atoms with E-state index < -0.39 is 0 Å². The van der Waals surface area contributed by atoms with Crippen molar-refractivity contribution in [2.75, 3.05) is 13.2 Å². The Balaban J connectivity index is 2.44. The molecule has 0 aliphatic carbocycles. The van der Waals surface area contributed by atoms with Gasteiger partial charge in [0.25, 0.3) is 0 Å². The van der Waals surface area contributed by atoms with Crippen LogP contribution in [0.3, 0.4) is 0 Å². The molecule has 1 amide bonds. The molecule has 0 bridgehead atoms. The van der Waals surface area contributed by atoms with Crippen LogP contribution in [0.15, 0.2) is 22.7 Å². The second kappa shape index (κ2) is 7.54. The Morgan fingerprint density at radius 2 is 2.22 bits per heavy atom. The lowest BCUT2D eigenvalue weighted by atomic mass is 10.1. The molecule has 0 saturated carbocycles. The molecular formula is C14H20BrNO2. The SMILES string of the molecule is Cc1cc(Br)ccc1CC(=O)NC[C@H](C)CCO. The zero-order chi connectivity index (χ0) is 13.5. The van der Waals surface area contributed by atoms with Crippen molar-refractivity contribution in [1.29, 1.82) is 0 Å². The third kappa shape index (κ3) is 5.19. The number of hydrogen-bond acceptors (Lipinski definition) is 2. The summed E-state index contributed by atoms with van der Waals surface area (Å²) in [6, 6.07) is 5.93. The van der Waals surface area contributed by atoms with Crippen LogP contribution in [0.4, 0.5) is 0 Å². The van der Waals surface area contributed by atoms with Gasteiger partial charge in [0.15, 0.2) is 0 Å². The molecule has 0 aliphatic heterocycles. The normalized spacial score (nSPS) is 12.2. The quantitative estimate of drug-likeness (QED) is 0.847. The summed E-state index contributed by atoms with van der Waals surface area (Å²) in [5.74, 6) is 0.343. The number of rotatable bonds is 6. The summed E-state index contributed by atoms with van der Waals surface area (Å²) in [4.78, 5) is 11.8. The van der Waals surface area contributed by atoms with Gasteiger partial charge < -0.3 is 10.4 Å². The summed E-state index contributed by atoms with van der Waals surface area (Å²) >= 11 is 3.41. The maximum absolute atomic E-state index is 11.8. The molecule has 0 heterocycles. The first-order valence-corrected chi connectivity index (χ1v) is 6.94. The molecule has 100 valence electrons. The highest BCUT2D eigenvalue weighted by molar-refractivity contribution is 9.10. The number of aliphatic hydroxyl groups is 1. The molecule has 2 N–H and O–H groups in total. The van der Waals surface area contributed by atoms with Gasteiger partial charge in [-0.3, -0.25) is 4.79 Å². The Morgan fingerprint density at radius 1 is 1.50 bits per heavy atom. The van der Waals surface area contributed by atoms with E-state index in [4.69, 9.17) is 5.11 Å². The molecule has 0 unspecified atom stereocenters. The first-order chi connectivity index (χ1) is 8.52. The van der Waals surface area contributed by atoms with E-state index in [0.29, 0.717) is 18.9 Å². The number of aryl methyl sites for hydroxylation is 1. The molecule has 0 aromatic heterocycles. The number of amides is 1. The molecule has 0 spiro atoms. The van der Waals surface area contributed by atoms with Crippen LogP contribution in [0.25, 0.3) is 0 Å². The molecule has 0 fully saturated rings. The fourth-order valence-electron chi connectivity index (χ4n) is 1.70. The summed E-state index contributed by atoms with van der Waals surface area (Å²) in [6.07, 6.45) is 1.13. The van der Waals surface area contributed by atoms with Gasteiger partial charge in [0, 0.05) is 17.6 Å². The highest BCUT2D eigenvalue weighted by Crippen LogP contribution is 2.16. The van der Waals surface area contributed by atoms with Crippen LogP contribution in [0.5, 0.6) is 0 Å². The highest BCUT2D eigenvalue weighted by atomic mass is 79.9. The predicted octanol–water partition coefficient (Wildman–Crippen LogP) is 2.43. The summed E-state index contributed by atoms with van der Waals surface area (Å²) in [7, 11) is 0. The molecule has 4 heteroatoms. The van der Waals surface area contributed by atoms with Gasteiger partial charge in [-0.1, -0.05) is 28.9 Å². The lowest BCUT2D eigenvalue weighted by molar-refractivity contribution is -0.120. The average Bonchev–Trinajstić information content (AvgIpc) is 2.31. The molecular weight excluding hydrogens is 294 g/mol. The molecule has 0 saturated heterocycles. The van der Waals surface area contributed by atoms with E-state index in [1.807, 2.05) is 32.0 Å². The van der Waals surface area contributed by atoms with Crippen molar-refractivity contribution in [2.45, 2.75) is 26.7 Å². The van der Waals surface area contributed by atoms with Gasteiger partial charge in [0.2, 0.25) is 5.91 Å². The molecule has 0 aliphatic rings. The molecule has 1 aromatic carbocycles. The van der Waals surface area contributed by atoms with E-state index >= 15 is 0 Å². The van der Waals surface area contributed by atoms with Crippen LogP contribution in [0.2, 0.25) is 0 Å². The van der Waals surface area contributed by atoms with Gasteiger partial charge in [-0.15, -0.1) is 0 Å². The van der Waals surface area contributed by atoms with E-state index in [1.54, 1.807) is 0 Å². The number of benzene rings is 1. The number of aliphatic hydroxyl groups excluding tert-OH is 1. The Bertz CT molecular complexity index is 407. The highest BCUT2D eigenvalue weighted by Gasteiger charge is 2.08. The zero-order valence-corrected chi connectivity index (χ0v) is 12.5. The summed E-state index contributed by atoms with van der Waals surface area (Å²) in [5.41, 5.74) is 2.16. The fraction of sp³-hybridized carbons (Fsp3) is 0.500. The van der Waals surface area contributed by atoms with E-state index in [0.717, 1.165) is 22.0 Å². The summed E-state index contributed by atoms with van der Waals surface area (Å²) in [6.45, 7) is 4.81. The molecule has 1 rings (SSSR count). The molecule has 18 heavy (non-hydrogen) atoms. The van der Waals surface area contributed by atoms with E-state index in [2.05, 4.69) is 21.2 Å². The molecule has 1 atom stereocenters. The number of nitrogens with one attached hydrogen (secondary N) is 1. The van der Waals surface area contributed by atoms with Crippen LogP contribution >= 0.6 is 15.9 Å². The first kappa shape index (κ1) is 15.2. The smallest absolute Gasteiger partial charge is 0.224 e. The number of carbonyl (C=O) groups is 1. The Labute approximate surface area is 117 Å². The maximum atomic E-state index is 11.8. The first-order valence-electron chi connectivity index (χ1n) is 6.15. The Morgan fingerprint density at radius 3 is 2.83 bits per heavy atom. The van der Waals surface area contributed by atoms with Crippen molar-refractivity contribution >= 4 is 21.8 Å². The molecule has 0 radical (unpaired) electrons. The third-order valence-electron chi connectivity index (χ3n) is 2.93. The van der Waals surface area contributed by atoms with Crippen molar-refractivity contribution < 1.29 is 9.90 Å². The maximum Gasteiger partial charge on any atom is 0.224 e. The lowest BCUT2D eigenvalue weighted by Gasteiger charge is -2.12. The van der Waals surface area contributed by atoms with Crippen molar-refractivity contribution in [3.8, 4) is 0 Å². The fourth-order valence-corrected chi connectivity index (χ4v) is 2.18. The average molecular weight is 314 g/mol. The van der Waals surface area contributed by atoms with Gasteiger partial charge in [-0.25, -0.2) is 0 Å². The lowest BCUT2D eigenvalue weighted by Crippen LogP contribution is -2.30. The topological polar surface area (TPSA) is 49.3 Å². The zero-order valence-electron chi connectivity index (χ0n) is 10.9. The van der Waals surface area contributed by atoms with Crippen molar-refractivity contribution in [1.82, 2.24) is 5.32 Å². The van der Waals surface area contributed by atoms with E-state index in [-0.39, 0.29) is 12.5 Å². The van der Waals surface area contributed by atoms with Gasteiger partial charge in [-0.05, 0) is 42.5 Å². The predicted molar refractivity (Wildman–Crippen MR) is 76.5 cm³/mol. The summed E-state index contributed by atoms with van der Waals surface area (Å²) < 4.78 is 1.03. The summed E-state index contributed by atoms with van der Waals surface area (Å²) in [5, 5.41) is 11.7. The third-order valence-corrected chi connectivity index (χ3v) is 3.42.